The van der Waals surface area contributed by atoms with Crippen molar-refractivity contribution in [1.29, 1.82) is 0 Å². The van der Waals surface area contributed by atoms with Crippen LogP contribution in [0.3, 0.4) is 0 Å². The van der Waals surface area contributed by atoms with Crippen molar-refractivity contribution < 1.29 is 57.7 Å². The molecule has 31 nitrogen and oxygen atoms in total. The van der Waals surface area contributed by atoms with Crippen LogP contribution >= 0.6 is 0 Å². The predicted octanol–water partition coefficient (Wildman–Crippen LogP) is 16.1. The van der Waals surface area contributed by atoms with Crippen LogP contribution in [0.1, 0.15) is 278 Å². The van der Waals surface area contributed by atoms with Crippen LogP contribution in [0.15, 0.2) is 105 Å². The summed E-state index contributed by atoms with van der Waals surface area (Å²) in [4.78, 5) is 150. The Bertz CT molecular complexity index is 4280. The van der Waals surface area contributed by atoms with E-state index in [2.05, 4.69) is 128 Å². The molecule has 686 valence electrons. The van der Waals surface area contributed by atoms with Gasteiger partial charge in [0.15, 0.2) is 11.5 Å². The number of H-pyrrole nitrogens is 1. The van der Waals surface area contributed by atoms with Gasteiger partial charge in [-0.2, -0.15) is 10.2 Å². The molecule has 1 aromatic carbocycles. The molecule has 31 heteroatoms. The Labute approximate surface area is 737 Å². The van der Waals surface area contributed by atoms with E-state index in [9.17, 15) is 43.2 Å². The van der Waals surface area contributed by atoms with Crippen molar-refractivity contribution in [2.24, 2.45) is 40.4 Å². The Balaban J connectivity index is 0.000000313. The zero-order valence-corrected chi connectivity index (χ0v) is 79.5. The molecule has 0 spiro atoms. The van der Waals surface area contributed by atoms with E-state index in [4.69, 9.17) is 14.6 Å². The van der Waals surface area contributed by atoms with E-state index in [0.29, 0.717) is 105 Å². The number of esters is 2. The van der Waals surface area contributed by atoms with Gasteiger partial charge in [-0.25, -0.2) is 43.8 Å². The average Bonchev–Trinajstić information content (AvgIpc) is 0.999. The molecule has 2 unspecified atom stereocenters. The van der Waals surface area contributed by atoms with Crippen LogP contribution in [0.4, 0.5) is 9.59 Å². The van der Waals surface area contributed by atoms with E-state index in [-0.39, 0.29) is 112 Å². The molecule has 124 heavy (non-hydrogen) atoms. The number of fused-ring (bicyclic) bond motifs is 1. The van der Waals surface area contributed by atoms with Gasteiger partial charge in [-0.3, -0.25) is 43.6 Å². The van der Waals surface area contributed by atoms with Gasteiger partial charge in [0.1, 0.15) is 36.5 Å². The lowest BCUT2D eigenvalue weighted by molar-refractivity contribution is -0.150. The SMILES string of the molecule is CC(C)CN(C(=O)c1cc(C(=O)O)[nH]n1)C(C)C.CC(C)CN(C(=O)c1ccc2nccnc2c1)C(C)C.CC(C)N(CC(C)(C)C)C(=O)c1ccc(-n2ccnc2)nc1.CC(C)N(CC(C)(C)C)C(=O)c1ccc(-n2cncn2)nc1.CCOC(=O)C1CCCCN1C(=O)N(CC(C)C)C(C)C.CCOC(=O)C1CCCN(C(=O)N(CC(C)C)C(C)C)C1. The van der Waals surface area contributed by atoms with Crippen molar-refractivity contribution in [2.75, 3.05) is 72.1 Å². The second-order valence-corrected chi connectivity index (χ2v) is 37.3. The average molecular weight is 1720 g/mol. The van der Waals surface area contributed by atoms with Crippen LogP contribution in [0.5, 0.6) is 0 Å². The molecule has 8 heterocycles. The minimum Gasteiger partial charge on any atom is -0.477 e. The molecule has 7 aromatic rings. The number of imidazole rings is 1. The zero-order valence-electron chi connectivity index (χ0n) is 79.5. The fourth-order valence-corrected chi connectivity index (χ4v) is 13.6. The van der Waals surface area contributed by atoms with Crippen molar-refractivity contribution in [3.05, 3.63) is 133 Å². The number of hydrogen-bond donors (Lipinski definition) is 2. The highest BCUT2D eigenvalue weighted by Crippen LogP contribution is 2.27. The quantitative estimate of drug-likeness (QED) is 0.0452. The Morgan fingerprint density at radius 1 is 0.484 bits per heavy atom. The maximum Gasteiger partial charge on any atom is 0.353 e. The standard InChI is InChI=1S/C17H24N4O.C16H23N5O.C16H21N3O.2C16H30N2O3.C12H19N3O3/c1-13(2)21(11-17(3,4)5)16(22)14-6-7-15(19-10-14)20-9-8-18-12-20;1-12(2)20(9-16(3,4)5)15(22)13-6-7-14(18-8-13)21-11-17-10-19-21;1-11(2)10-19(12(3)4)16(20)13-5-6-14-15(9-13)18-8-7-17-14;1-6-21-15(19)14-8-7-9-17(11-14)16(20)18(13(4)5)10-12(2)3;1-6-21-15(19)14-9-7-8-10-17(14)16(20)18(13(4)5)11-12(2)3;1-7(2)6-15(8(3)4)11(16)9-5-10(12(17)18)14-13-9/h6-10,12-13H,11H2,1-5H3;6-8,10-12H,9H2,1-5H3;5-9,11-12H,10H2,1-4H3;2*12-14H,6-11H2,1-5H3;5,7-8H,6H2,1-4H3,(H,13,14)(H,17,18). The first-order chi connectivity index (χ1) is 58.1. The largest absolute Gasteiger partial charge is 0.477 e. The van der Waals surface area contributed by atoms with Crippen molar-refractivity contribution in [2.45, 2.75) is 268 Å². The highest BCUT2D eigenvalue weighted by atomic mass is 16.5. The number of carbonyl (C=O) groups is 9. The number of amides is 8. The topological polar surface area (TPSA) is 347 Å². The van der Waals surface area contributed by atoms with Crippen LogP contribution in [0.2, 0.25) is 0 Å². The monoisotopic (exact) mass is 1720 g/mol. The summed E-state index contributed by atoms with van der Waals surface area (Å²) in [7, 11) is 0. The Kier molecular flexibility index (Phi) is 43.3. The van der Waals surface area contributed by atoms with Crippen molar-refractivity contribution in [1.82, 2.24) is 93.6 Å². The molecule has 0 radical (unpaired) electrons. The maximum absolute atomic E-state index is 12.8. The first kappa shape index (κ1) is 106. The molecular formula is C93H147N19O12. The number of aromatic amines is 1. The third kappa shape index (κ3) is 34.8. The molecule has 2 aliphatic rings. The normalized spacial score (nSPS) is 14.0. The maximum atomic E-state index is 12.8. The highest BCUT2D eigenvalue weighted by Gasteiger charge is 2.38. The van der Waals surface area contributed by atoms with Crippen molar-refractivity contribution in [3.63, 3.8) is 0 Å². The van der Waals surface area contributed by atoms with Gasteiger partial charge in [-0.1, -0.05) is 96.9 Å². The number of carbonyl (C=O) groups excluding carboxylic acids is 8. The molecule has 0 aliphatic carbocycles. The first-order valence-electron chi connectivity index (χ1n) is 44.1. The van der Waals surface area contributed by atoms with Gasteiger partial charge in [0.05, 0.1) is 41.3 Å². The number of urea groups is 2. The number of likely N-dealkylation sites (tertiary alicyclic amines) is 2. The lowest BCUT2D eigenvalue weighted by Gasteiger charge is -2.39. The van der Waals surface area contributed by atoms with E-state index in [1.54, 1.807) is 77.2 Å². The van der Waals surface area contributed by atoms with Crippen molar-refractivity contribution in [3.8, 4) is 11.6 Å². The molecule has 2 saturated heterocycles. The molecule has 2 fully saturated rings. The summed E-state index contributed by atoms with van der Waals surface area (Å²) in [6, 6.07) is 14.4. The number of nitrogens with zero attached hydrogens (tertiary/aromatic N) is 18. The Morgan fingerprint density at radius 3 is 1.39 bits per heavy atom. The fourth-order valence-electron chi connectivity index (χ4n) is 13.6. The number of aromatic carboxylic acids is 1. The van der Waals surface area contributed by atoms with Crippen LogP contribution in [0.25, 0.3) is 22.7 Å². The van der Waals surface area contributed by atoms with Gasteiger partial charge in [-0.05, 0) is 206 Å². The lowest BCUT2D eigenvalue weighted by Crippen LogP contribution is -2.55. The predicted molar refractivity (Wildman–Crippen MR) is 485 cm³/mol. The summed E-state index contributed by atoms with van der Waals surface area (Å²) in [6.45, 7) is 64.1. The van der Waals surface area contributed by atoms with E-state index < -0.39 is 12.0 Å². The molecule has 2 N–H and O–H groups in total. The number of piperidine rings is 2. The number of rotatable bonds is 27. The van der Waals surface area contributed by atoms with E-state index in [1.165, 1.54) is 12.4 Å². The Hall–Kier alpha value is -10.7. The number of hydrogen-bond acceptors (Lipinski definition) is 19. The molecule has 0 saturated carbocycles. The lowest BCUT2D eigenvalue weighted by atomic mass is 9.95. The molecule has 8 amide bonds. The van der Waals surface area contributed by atoms with Gasteiger partial charge < -0.3 is 53.8 Å². The number of aromatic nitrogens is 11. The van der Waals surface area contributed by atoms with Gasteiger partial charge in [0, 0.05) is 144 Å². The molecule has 9 rings (SSSR count). The molecular weight excluding hydrogens is 1580 g/mol. The van der Waals surface area contributed by atoms with Gasteiger partial charge in [0.2, 0.25) is 0 Å². The van der Waals surface area contributed by atoms with E-state index in [1.807, 2.05) is 174 Å². The van der Waals surface area contributed by atoms with E-state index in [0.717, 1.165) is 62.2 Å². The number of benzene rings is 1. The van der Waals surface area contributed by atoms with E-state index >= 15 is 0 Å². The second-order valence-electron chi connectivity index (χ2n) is 37.3. The third-order valence-electron chi connectivity index (χ3n) is 19.6. The minimum atomic E-state index is -1.12. The fraction of sp³-hybridized carbons (Fsp3) is 0.624. The number of carboxylic acid groups (broad SMARTS) is 1. The second kappa shape index (κ2) is 50.9. The zero-order chi connectivity index (χ0) is 93.2. The smallest absolute Gasteiger partial charge is 0.353 e. The summed E-state index contributed by atoms with van der Waals surface area (Å²) in [6.07, 6.45) is 19.1. The van der Waals surface area contributed by atoms with Gasteiger partial charge >= 0.3 is 30.0 Å². The van der Waals surface area contributed by atoms with Crippen molar-refractivity contribution >= 4 is 64.6 Å². The number of ether oxygens (including phenoxy) is 2. The number of nitrogens with one attached hydrogen (secondary N) is 1. The molecule has 2 atom stereocenters. The summed E-state index contributed by atoms with van der Waals surface area (Å²) in [5, 5.41) is 18.9. The van der Waals surface area contributed by atoms with Crippen LogP contribution in [0, 0.1) is 40.4 Å². The first-order valence-corrected chi connectivity index (χ1v) is 44.1. The van der Waals surface area contributed by atoms with Gasteiger partial charge in [0.25, 0.3) is 23.6 Å². The Morgan fingerprint density at radius 2 is 0.952 bits per heavy atom. The molecule has 0 bridgehead atoms. The molecule has 6 aromatic heterocycles. The third-order valence-corrected chi connectivity index (χ3v) is 19.6. The summed E-state index contributed by atoms with van der Waals surface area (Å²) in [5.74, 6) is 1.12. The highest BCUT2D eigenvalue weighted by molar-refractivity contribution is 5.98. The van der Waals surface area contributed by atoms with Crippen LogP contribution < -0.4 is 0 Å². The van der Waals surface area contributed by atoms with Gasteiger partial charge in [-0.15, -0.1) is 0 Å². The number of pyridine rings is 2. The summed E-state index contributed by atoms with van der Waals surface area (Å²) >= 11 is 0. The van der Waals surface area contributed by atoms with Crippen LogP contribution in [-0.4, -0.2) is 267 Å². The van der Waals surface area contributed by atoms with Crippen LogP contribution in [-0.2, 0) is 19.1 Å². The minimum absolute atomic E-state index is 0.00238. The molecule has 2 aliphatic heterocycles. The summed E-state index contributed by atoms with van der Waals surface area (Å²) in [5.41, 5.74) is 3.61. The number of carboxylic acids is 1. The summed E-state index contributed by atoms with van der Waals surface area (Å²) < 4.78 is 13.6.